The monoisotopic (exact) mass is 181 g/mol. The summed E-state index contributed by atoms with van der Waals surface area (Å²) in [4.78, 5) is 3.92. The maximum Gasteiger partial charge on any atom is 0.180 e. The second kappa shape index (κ2) is 5.79. The van der Waals surface area contributed by atoms with Gasteiger partial charge in [-0.05, 0) is 6.42 Å². The number of aromatic nitrogens is 1. The van der Waals surface area contributed by atoms with Crippen molar-refractivity contribution in [3.63, 3.8) is 0 Å². The molecule has 1 aromatic rings. The van der Waals surface area contributed by atoms with E-state index in [1.54, 1.807) is 0 Å². The lowest BCUT2D eigenvalue weighted by atomic mass is 10.0. The third-order valence-electron chi connectivity index (χ3n) is 2.43. The van der Waals surface area contributed by atoms with E-state index in [0.29, 0.717) is 5.92 Å². The van der Waals surface area contributed by atoms with Crippen molar-refractivity contribution in [1.29, 1.82) is 0 Å². The molecule has 0 saturated heterocycles. The van der Waals surface area contributed by atoms with E-state index < -0.39 is 0 Å². The second-order valence-electron chi connectivity index (χ2n) is 3.65. The molecule has 1 unspecified atom stereocenters. The van der Waals surface area contributed by atoms with Gasteiger partial charge in [-0.3, -0.25) is 0 Å². The smallest absolute Gasteiger partial charge is 0.180 e. The van der Waals surface area contributed by atoms with Crippen LogP contribution in [0.5, 0.6) is 0 Å². The van der Waals surface area contributed by atoms with Crippen LogP contribution in [0.1, 0.15) is 57.6 Å². The van der Waals surface area contributed by atoms with Crippen LogP contribution in [0.15, 0.2) is 17.0 Å². The average molecular weight is 181 g/mol. The molecule has 1 rings (SSSR count). The van der Waals surface area contributed by atoms with Gasteiger partial charge in [0.15, 0.2) is 6.39 Å². The highest BCUT2D eigenvalue weighted by Gasteiger charge is 2.07. The molecular weight excluding hydrogens is 162 g/mol. The van der Waals surface area contributed by atoms with E-state index in [-0.39, 0.29) is 0 Å². The summed E-state index contributed by atoms with van der Waals surface area (Å²) in [5.74, 6) is 1.55. The lowest BCUT2D eigenvalue weighted by Crippen LogP contribution is -1.91. The van der Waals surface area contributed by atoms with Gasteiger partial charge in [0.25, 0.3) is 0 Å². The summed E-state index contributed by atoms with van der Waals surface area (Å²) in [6.07, 6.45) is 9.85. The Morgan fingerprint density at radius 3 is 2.85 bits per heavy atom. The van der Waals surface area contributed by atoms with Gasteiger partial charge < -0.3 is 4.42 Å². The topological polar surface area (TPSA) is 26.0 Å². The zero-order valence-corrected chi connectivity index (χ0v) is 8.62. The largest absolute Gasteiger partial charge is 0.448 e. The highest BCUT2D eigenvalue weighted by atomic mass is 16.3. The van der Waals surface area contributed by atoms with Crippen molar-refractivity contribution < 1.29 is 4.42 Å². The molecule has 0 aromatic carbocycles. The molecule has 0 fully saturated rings. The maximum absolute atomic E-state index is 5.24. The van der Waals surface area contributed by atoms with Crippen LogP contribution in [0.3, 0.4) is 0 Å². The number of rotatable bonds is 6. The molecule has 0 aliphatic heterocycles. The zero-order chi connectivity index (χ0) is 9.52. The van der Waals surface area contributed by atoms with Gasteiger partial charge in [0, 0.05) is 5.92 Å². The van der Waals surface area contributed by atoms with E-state index in [4.69, 9.17) is 4.42 Å². The fourth-order valence-electron chi connectivity index (χ4n) is 1.49. The van der Waals surface area contributed by atoms with Crippen molar-refractivity contribution in [3.8, 4) is 0 Å². The quantitative estimate of drug-likeness (QED) is 0.625. The first-order valence-corrected chi connectivity index (χ1v) is 5.23. The summed E-state index contributed by atoms with van der Waals surface area (Å²) >= 11 is 0. The Balaban J connectivity index is 2.15. The molecule has 1 atom stereocenters. The summed E-state index contributed by atoms with van der Waals surface area (Å²) in [5, 5.41) is 0. The van der Waals surface area contributed by atoms with Crippen LogP contribution in [0.4, 0.5) is 0 Å². The fourth-order valence-corrected chi connectivity index (χ4v) is 1.49. The Labute approximate surface area is 80.4 Å². The summed E-state index contributed by atoms with van der Waals surface area (Å²) in [5.41, 5.74) is 0. The first-order chi connectivity index (χ1) is 6.34. The fraction of sp³-hybridized carbons (Fsp3) is 0.727. The third kappa shape index (κ3) is 3.62. The van der Waals surface area contributed by atoms with E-state index >= 15 is 0 Å². The molecule has 74 valence electrons. The van der Waals surface area contributed by atoms with Gasteiger partial charge in [-0.25, -0.2) is 4.98 Å². The molecule has 0 radical (unpaired) electrons. The Bertz CT molecular complexity index is 206. The molecule has 1 aromatic heterocycles. The molecule has 2 nitrogen and oxygen atoms in total. The zero-order valence-electron chi connectivity index (χ0n) is 8.62. The SMILES string of the molecule is CCCCCCC(C)c1cnco1. The van der Waals surface area contributed by atoms with Gasteiger partial charge in [-0.1, -0.05) is 39.5 Å². The molecule has 0 bridgehead atoms. The maximum atomic E-state index is 5.24. The summed E-state index contributed by atoms with van der Waals surface area (Å²) < 4.78 is 5.24. The lowest BCUT2D eigenvalue weighted by molar-refractivity contribution is 0.447. The van der Waals surface area contributed by atoms with Crippen LogP contribution >= 0.6 is 0 Å². The predicted molar refractivity (Wildman–Crippen MR) is 53.7 cm³/mol. The summed E-state index contributed by atoms with van der Waals surface area (Å²) in [7, 11) is 0. The normalized spacial score (nSPS) is 13.1. The molecule has 2 heteroatoms. The third-order valence-corrected chi connectivity index (χ3v) is 2.43. The molecular formula is C11H19NO. The Kier molecular flexibility index (Phi) is 4.58. The van der Waals surface area contributed by atoms with Gasteiger partial charge in [0.2, 0.25) is 0 Å². The minimum atomic E-state index is 0.527. The van der Waals surface area contributed by atoms with Crippen LogP contribution in [-0.4, -0.2) is 4.98 Å². The molecule has 13 heavy (non-hydrogen) atoms. The number of hydrogen-bond acceptors (Lipinski definition) is 2. The molecule has 0 amide bonds. The van der Waals surface area contributed by atoms with E-state index in [2.05, 4.69) is 18.8 Å². The van der Waals surface area contributed by atoms with Crippen molar-refractivity contribution in [2.75, 3.05) is 0 Å². The number of nitrogens with zero attached hydrogens (tertiary/aromatic N) is 1. The van der Waals surface area contributed by atoms with Gasteiger partial charge in [-0.2, -0.15) is 0 Å². The van der Waals surface area contributed by atoms with Crippen LogP contribution in [0.2, 0.25) is 0 Å². The first kappa shape index (κ1) is 10.3. The van der Waals surface area contributed by atoms with Crippen molar-refractivity contribution in [3.05, 3.63) is 18.4 Å². The van der Waals surface area contributed by atoms with E-state index in [1.165, 1.54) is 38.5 Å². The molecule has 0 aliphatic rings. The van der Waals surface area contributed by atoms with E-state index in [9.17, 15) is 0 Å². The van der Waals surface area contributed by atoms with Crippen molar-refractivity contribution >= 4 is 0 Å². The van der Waals surface area contributed by atoms with Gasteiger partial charge >= 0.3 is 0 Å². The average Bonchev–Trinajstić information content (AvgIpc) is 2.65. The second-order valence-corrected chi connectivity index (χ2v) is 3.65. The van der Waals surface area contributed by atoms with Crippen molar-refractivity contribution in [1.82, 2.24) is 4.98 Å². The Morgan fingerprint density at radius 1 is 1.38 bits per heavy atom. The lowest BCUT2D eigenvalue weighted by Gasteiger charge is -2.06. The number of oxazole rings is 1. The van der Waals surface area contributed by atoms with Crippen molar-refractivity contribution in [2.24, 2.45) is 0 Å². The number of hydrogen-bond donors (Lipinski definition) is 0. The van der Waals surface area contributed by atoms with E-state index in [0.717, 1.165) is 5.76 Å². The first-order valence-electron chi connectivity index (χ1n) is 5.23. The molecule has 0 spiro atoms. The Morgan fingerprint density at radius 2 is 2.23 bits per heavy atom. The minimum absolute atomic E-state index is 0.527. The van der Waals surface area contributed by atoms with Crippen LogP contribution in [0.25, 0.3) is 0 Å². The summed E-state index contributed by atoms with van der Waals surface area (Å²) in [6, 6.07) is 0. The van der Waals surface area contributed by atoms with E-state index in [1.807, 2.05) is 6.20 Å². The molecule has 0 N–H and O–H groups in total. The van der Waals surface area contributed by atoms with Gasteiger partial charge in [0.1, 0.15) is 5.76 Å². The van der Waals surface area contributed by atoms with Crippen LogP contribution in [0, 0.1) is 0 Å². The van der Waals surface area contributed by atoms with Crippen molar-refractivity contribution in [2.45, 2.75) is 51.9 Å². The minimum Gasteiger partial charge on any atom is -0.448 e. The standard InChI is InChI=1S/C11H19NO/c1-3-4-5-6-7-10(2)11-8-12-9-13-11/h8-10H,3-7H2,1-2H3. The van der Waals surface area contributed by atoms with Crippen LogP contribution < -0.4 is 0 Å². The molecule has 0 saturated carbocycles. The molecule has 1 heterocycles. The highest BCUT2D eigenvalue weighted by Crippen LogP contribution is 2.21. The number of unbranched alkanes of at least 4 members (excludes halogenated alkanes) is 3. The molecule has 0 aliphatic carbocycles. The predicted octanol–water partition coefficient (Wildman–Crippen LogP) is 3.75. The summed E-state index contributed by atoms with van der Waals surface area (Å²) in [6.45, 7) is 4.44. The van der Waals surface area contributed by atoms with Gasteiger partial charge in [-0.15, -0.1) is 0 Å². The highest BCUT2D eigenvalue weighted by molar-refractivity contribution is 4.96. The van der Waals surface area contributed by atoms with Gasteiger partial charge in [0.05, 0.1) is 6.20 Å². The van der Waals surface area contributed by atoms with Crippen LogP contribution in [-0.2, 0) is 0 Å². The Hall–Kier alpha value is -0.790.